The molecule has 1 radical (unpaired) electrons. The number of unbranched alkanes of at least 4 members (excludes halogenated alkanes) is 4. The topological polar surface area (TPSA) is 9.23 Å². The normalized spacial score (nSPS) is 10.6. The van der Waals surface area contributed by atoms with Crippen molar-refractivity contribution in [3.05, 3.63) is 54.3 Å². The molecule has 1 nitrogen and oxygen atoms in total. The lowest BCUT2D eigenvalue weighted by atomic mass is 10.1. The smallest absolute Gasteiger partial charge is 0.165 e. The molecule has 0 fully saturated rings. The van der Waals surface area contributed by atoms with Crippen molar-refractivity contribution < 1.29 is 9.13 Å². The molecular weight excluding hydrogens is 263 g/mol. The van der Waals surface area contributed by atoms with Gasteiger partial charge in [0.05, 0.1) is 6.61 Å². The van der Waals surface area contributed by atoms with Gasteiger partial charge in [0.1, 0.15) is 0 Å². The van der Waals surface area contributed by atoms with Gasteiger partial charge in [-0.25, -0.2) is 4.39 Å². The summed E-state index contributed by atoms with van der Waals surface area (Å²) in [6.45, 7) is 2.78. The third-order valence-corrected chi connectivity index (χ3v) is 3.49. The first-order valence-electron chi connectivity index (χ1n) is 7.70. The zero-order chi connectivity index (χ0) is 14.9. The number of benzene rings is 2. The van der Waals surface area contributed by atoms with Crippen molar-refractivity contribution in [3.8, 4) is 16.9 Å². The van der Waals surface area contributed by atoms with Gasteiger partial charge in [0.2, 0.25) is 0 Å². The van der Waals surface area contributed by atoms with Gasteiger partial charge < -0.3 is 4.74 Å². The van der Waals surface area contributed by atoms with E-state index < -0.39 is 0 Å². The summed E-state index contributed by atoms with van der Waals surface area (Å²) in [4.78, 5) is 0. The van der Waals surface area contributed by atoms with Crippen LogP contribution >= 0.6 is 0 Å². The fourth-order valence-corrected chi connectivity index (χ4v) is 2.26. The summed E-state index contributed by atoms with van der Waals surface area (Å²) >= 11 is 0. The van der Waals surface area contributed by atoms with E-state index in [2.05, 4.69) is 13.0 Å². The Kier molecular flexibility index (Phi) is 6.26. The zero-order valence-electron chi connectivity index (χ0n) is 12.6. The van der Waals surface area contributed by atoms with E-state index in [1.165, 1.54) is 25.3 Å². The predicted octanol–water partition coefficient (Wildman–Crippen LogP) is 5.64. The van der Waals surface area contributed by atoms with Crippen molar-refractivity contribution in [3.63, 3.8) is 0 Å². The molecule has 0 saturated heterocycles. The monoisotopic (exact) mass is 285 g/mol. The Morgan fingerprint density at radius 1 is 0.952 bits per heavy atom. The van der Waals surface area contributed by atoms with Crippen LogP contribution in [0.3, 0.4) is 0 Å². The van der Waals surface area contributed by atoms with E-state index in [0.717, 1.165) is 24.0 Å². The molecule has 0 heterocycles. The highest BCUT2D eigenvalue weighted by molar-refractivity contribution is 5.64. The Bertz CT molecular complexity index is 537. The third kappa shape index (κ3) is 4.89. The Morgan fingerprint density at radius 2 is 1.71 bits per heavy atom. The molecule has 0 aliphatic heterocycles. The molecule has 21 heavy (non-hydrogen) atoms. The lowest BCUT2D eigenvalue weighted by Crippen LogP contribution is -1.99. The summed E-state index contributed by atoms with van der Waals surface area (Å²) < 4.78 is 19.6. The van der Waals surface area contributed by atoms with Gasteiger partial charge in [0.25, 0.3) is 0 Å². The molecule has 0 N–H and O–H groups in total. The molecule has 2 heteroatoms. The molecule has 0 aromatic heterocycles. The third-order valence-electron chi connectivity index (χ3n) is 3.49. The van der Waals surface area contributed by atoms with E-state index >= 15 is 0 Å². The predicted molar refractivity (Wildman–Crippen MR) is 84.9 cm³/mol. The molecule has 0 saturated carbocycles. The van der Waals surface area contributed by atoms with E-state index in [4.69, 9.17) is 4.74 Å². The fourth-order valence-electron chi connectivity index (χ4n) is 2.26. The standard InChI is InChI=1S/C19H22FO/c1-2-3-4-5-9-14-21-19-13-12-17(15-18(19)20)16-10-7-6-8-11-16/h7-8,10-13,15H,2-5,9,14H2,1H3. The largest absolute Gasteiger partial charge is 0.491 e. The molecule has 0 aliphatic carbocycles. The zero-order valence-corrected chi connectivity index (χ0v) is 12.6. The van der Waals surface area contributed by atoms with Gasteiger partial charge in [-0.15, -0.1) is 0 Å². The minimum Gasteiger partial charge on any atom is -0.491 e. The van der Waals surface area contributed by atoms with E-state index in [0.29, 0.717) is 12.4 Å². The first-order valence-corrected chi connectivity index (χ1v) is 7.70. The van der Waals surface area contributed by atoms with Crippen molar-refractivity contribution in [2.24, 2.45) is 0 Å². The van der Waals surface area contributed by atoms with Crippen LogP contribution in [-0.2, 0) is 0 Å². The van der Waals surface area contributed by atoms with E-state index in [-0.39, 0.29) is 5.82 Å². The van der Waals surface area contributed by atoms with Crippen LogP contribution in [-0.4, -0.2) is 6.61 Å². The van der Waals surface area contributed by atoms with E-state index in [9.17, 15) is 4.39 Å². The SMILES string of the molecule is CCCCCCCOc1ccc(-c2cc[c]cc2)cc1F. The Hall–Kier alpha value is -1.83. The molecule has 0 atom stereocenters. The molecule has 2 rings (SSSR count). The van der Waals surface area contributed by atoms with Crippen molar-refractivity contribution in [2.75, 3.05) is 6.61 Å². The van der Waals surface area contributed by atoms with Crippen molar-refractivity contribution in [2.45, 2.75) is 39.0 Å². The highest BCUT2D eigenvalue weighted by atomic mass is 19.1. The van der Waals surface area contributed by atoms with Gasteiger partial charge in [-0.3, -0.25) is 0 Å². The molecule has 0 unspecified atom stereocenters. The maximum Gasteiger partial charge on any atom is 0.165 e. The summed E-state index contributed by atoms with van der Waals surface area (Å²) in [6, 6.07) is 15.6. The van der Waals surface area contributed by atoms with Crippen LogP contribution < -0.4 is 4.74 Å². The maximum atomic E-state index is 14.0. The van der Waals surface area contributed by atoms with Gasteiger partial charge in [-0.2, -0.15) is 0 Å². The number of halogens is 1. The van der Waals surface area contributed by atoms with Crippen LogP contribution in [0.15, 0.2) is 42.5 Å². The van der Waals surface area contributed by atoms with Crippen molar-refractivity contribution >= 4 is 0 Å². The lowest BCUT2D eigenvalue weighted by Gasteiger charge is -2.09. The average Bonchev–Trinajstić information content (AvgIpc) is 2.53. The van der Waals surface area contributed by atoms with Crippen LogP contribution in [0.25, 0.3) is 11.1 Å². The molecule has 0 aliphatic rings. The number of rotatable bonds is 8. The minimum absolute atomic E-state index is 0.297. The Morgan fingerprint density at radius 3 is 2.43 bits per heavy atom. The molecule has 2 aromatic rings. The summed E-state index contributed by atoms with van der Waals surface area (Å²) in [6.07, 6.45) is 5.85. The number of ether oxygens (including phenoxy) is 1. The number of hydrogen-bond donors (Lipinski definition) is 0. The first kappa shape index (κ1) is 15.6. The van der Waals surface area contributed by atoms with Crippen LogP contribution in [0, 0.1) is 11.9 Å². The lowest BCUT2D eigenvalue weighted by molar-refractivity contribution is 0.290. The van der Waals surface area contributed by atoms with Crippen molar-refractivity contribution in [1.29, 1.82) is 0 Å². The van der Waals surface area contributed by atoms with Gasteiger partial charge in [-0.05, 0) is 35.7 Å². The molecule has 0 bridgehead atoms. The van der Waals surface area contributed by atoms with Gasteiger partial charge >= 0.3 is 0 Å². The van der Waals surface area contributed by atoms with E-state index in [1.807, 2.05) is 30.3 Å². The second kappa shape index (κ2) is 8.46. The first-order chi connectivity index (χ1) is 10.3. The van der Waals surface area contributed by atoms with E-state index in [1.54, 1.807) is 6.07 Å². The quantitative estimate of drug-likeness (QED) is 0.570. The van der Waals surface area contributed by atoms with Crippen LogP contribution in [0.2, 0.25) is 0 Å². The van der Waals surface area contributed by atoms with Crippen LogP contribution in [0.4, 0.5) is 4.39 Å². The molecule has 111 valence electrons. The fraction of sp³-hybridized carbons (Fsp3) is 0.368. The number of hydrogen-bond acceptors (Lipinski definition) is 1. The van der Waals surface area contributed by atoms with Crippen LogP contribution in [0.1, 0.15) is 39.0 Å². The second-order valence-corrected chi connectivity index (χ2v) is 5.20. The van der Waals surface area contributed by atoms with Crippen LogP contribution in [0.5, 0.6) is 5.75 Å². The van der Waals surface area contributed by atoms with Gasteiger partial charge in [0.15, 0.2) is 11.6 Å². The summed E-state index contributed by atoms with van der Waals surface area (Å²) in [5.41, 5.74) is 1.84. The Labute approximate surface area is 126 Å². The van der Waals surface area contributed by atoms with Gasteiger partial charge in [-0.1, -0.05) is 62.9 Å². The Balaban J connectivity index is 1.88. The molecule has 0 spiro atoms. The van der Waals surface area contributed by atoms with Crippen molar-refractivity contribution in [1.82, 2.24) is 0 Å². The minimum atomic E-state index is -0.297. The summed E-state index contributed by atoms with van der Waals surface area (Å²) in [7, 11) is 0. The molecular formula is C19H22FO. The maximum absolute atomic E-state index is 14.0. The highest BCUT2D eigenvalue weighted by Crippen LogP contribution is 2.25. The highest BCUT2D eigenvalue weighted by Gasteiger charge is 2.06. The summed E-state index contributed by atoms with van der Waals surface area (Å²) in [5, 5.41) is 0. The average molecular weight is 285 g/mol. The second-order valence-electron chi connectivity index (χ2n) is 5.20. The molecule has 0 amide bonds. The molecule has 2 aromatic carbocycles. The summed E-state index contributed by atoms with van der Waals surface area (Å²) in [5.74, 6) is 0.0469. The van der Waals surface area contributed by atoms with Gasteiger partial charge in [0, 0.05) is 0 Å².